The topological polar surface area (TPSA) is 119 Å². The summed E-state index contributed by atoms with van der Waals surface area (Å²) in [7, 11) is 0. The highest BCUT2D eigenvalue weighted by atomic mass is 16.5. The van der Waals surface area contributed by atoms with E-state index in [9.17, 15) is 19.5 Å². The van der Waals surface area contributed by atoms with Crippen LogP contribution < -0.4 is 15.9 Å². The lowest BCUT2D eigenvalue weighted by molar-refractivity contribution is -0.308. The van der Waals surface area contributed by atoms with Crippen LogP contribution in [0.5, 0.6) is 0 Å². The van der Waals surface area contributed by atoms with Crippen molar-refractivity contribution in [3.8, 4) is 0 Å². The average Bonchev–Trinajstić information content (AvgIpc) is 2.54. The number of carbonyl (C=O) groups excluding carboxylic acids is 3. The van der Waals surface area contributed by atoms with Crippen molar-refractivity contribution < 1.29 is 24.7 Å². The molecule has 0 fully saturated rings. The predicted octanol–water partition coefficient (Wildman–Crippen LogP) is -0.224. The first kappa shape index (κ1) is 18.6. The second-order valence-electron chi connectivity index (χ2n) is 5.29. The van der Waals surface area contributed by atoms with Crippen LogP contribution in [0.1, 0.15) is 31.7 Å². The van der Waals surface area contributed by atoms with E-state index in [0.29, 0.717) is 12.8 Å². The van der Waals surface area contributed by atoms with Gasteiger partial charge in [0.05, 0.1) is 12.0 Å². The fourth-order valence-electron chi connectivity index (χ4n) is 2.28. The maximum Gasteiger partial charge on any atom is 0.244 e. The molecule has 0 aliphatic carbocycles. The van der Waals surface area contributed by atoms with Crippen LogP contribution in [0.3, 0.4) is 0 Å². The summed E-state index contributed by atoms with van der Waals surface area (Å²) in [5, 5.41) is 22.2. The third kappa shape index (κ3) is 6.48. The summed E-state index contributed by atoms with van der Waals surface area (Å²) in [6, 6.07) is 7.68. The molecule has 0 aliphatic heterocycles. The molecule has 0 radical (unpaired) electrons. The molecule has 0 heterocycles. The quantitative estimate of drug-likeness (QED) is 0.429. The molecule has 2 amide bonds. The summed E-state index contributed by atoms with van der Waals surface area (Å²) in [4.78, 5) is 34.7. The van der Waals surface area contributed by atoms with E-state index in [4.69, 9.17) is 5.21 Å². The summed E-state index contributed by atoms with van der Waals surface area (Å²) in [5.41, 5.74) is 2.23. The van der Waals surface area contributed by atoms with Crippen molar-refractivity contribution in [1.82, 2.24) is 10.8 Å². The third-order valence-electron chi connectivity index (χ3n) is 3.45. The number of amides is 2. The van der Waals surface area contributed by atoms with E-state index in [0.717, 1.165) is 5.56 Å². The Kier molecular flexibility index (Phi) is 7.76. The summed E-state index contributed by atoms with van der Waals surface area (Å²) < 4.78 is 0. The number of nitrogens with one attached hydrogen (secondary N) is 2. The number of aliphatic carboxylic acids is 1. The Balaban J connectivity index is 2.74. The first-order chi connectivity index (χ1) is 11.0. The Hall–Kier alpha value is -2.41. The standard InChI is InChI=1S/C16H22N2O5/c1-2-6-12(10-14(19)18-23)15(20)17-13(16(21)22)9-11-7-4-3-5-8-11/h3-5,7-8,12-13,23H,2,6,9-10H2,1H3,(H,17,20)(H,18,19)(H,21,22)/p-1. The minimum absolute atomic E-state index is 0.0972. The smallest absolute Gasteiger partial charge is 0.244 e. The van der Waals surface area contributed by atoms with Crippen LogP contribution in [0.4, 0.5) is 0 Å². The van der Waals surface area contributed by atoms with Crippen molar-refractivity contribution in [2.24, 2.45) is 5.92 Å². The Labute approximate surface area is 134 Å². The number of carbonyl (C=O) groups is 3. The van der Waals surface area contributed by atoms with Gasteiger partial charge in [-0.15, -0.1) is 0 Å². The van der Waals surface area contributed by atoms with Gasteiger partial charge in [0, 0.05) is 12.3 Å². The van der Waals surface area contributed by atoms with Crippen molar-refractivity contribution in [3.05, 3.63) is 35.9 Å². The Morgan fingerprint density at radius 2 is 1.87 bits per heavy atom. The van der Waals surface area contributed by atoms with Crippen LogP contribution in [-0.2, 0) is 20.8 Å². The van der Waals surface area contributed by atoms with Gasteiger partial charge in [-0.3, -0.25) is 14.8 Å². The summed E-state index contributed by atoms with van der Waals surface area (Å²) in [5.74, 6) is -3.32. The van der Waals surface area contributed by atoms with E-state index in [-0.39, 0.29) is 12.8 Å². The molecule has 3 N–H and O–H groups in total. The van der Waals surface area contributed by atoms with Crippen molar-refractivity contribution in [2.75, 3.05) is 0 Å². The summed E-state index contributed by atoms with van der Waals surface area (Å²) in [6.45, 7) is 1.84. The molecular formula is C16H21N2O5-. The Bertz CT molecular complexity index is 533. The molecule has 0 saturated heterocycles. The van der Waals surface area contributed by atoms with Gasteiger partial charge < -0.3 is 15.2 Å². The molecule has 126 valence electrons. The largest absolute Gasteiger partial charge is 0.548 e. The van der Waals surface area contributed by atoms with Crippen molar-refractivity contribution >= 4 is 17.8 Å². The Morgan fingerprint density at radius 3 is 2.39 bits per heavy atom. The van der Waals surface area contributed by atoms with E-state index in [2.05, 4.69) is 5.32 Å². The molecule has 0 spiro atoms. The first-order valence-electron chi connectivity index (χ1n) is 7.46. The second kappa shape index (κ2) is 9.58. The van der Waals surface area contributed by atoms with Crippen LogP contribution in [0, 0.1) is 5.92 Å². The SMILES string of the molecule is CCCC(CC(=O)NO)C(=O)NC(Cc1ccccc1)C(=O)[O-]. The molecule has 23 heavy (non-hydrogen) atoms. The Morgan fingerprint density at radius 1 is 1.22 bits per heavy atom. The van der Waals surface area contributed by atoms with Gasteiger partial charge in [-0.2, -0.15) is 0 Å². The maximum absolute atomic E-state index is 12.2. The molecule has 7 nitrogen and oxygen atoms in total. The fourth-order valence-corrected chi connectivity index (χ4v) is 2.28. The van der Waals surface area contributed by atoms with Gasteiger partial charge in [-0.1, -0.05) is 43.7 Å². The minimum atomic E-state index is -1.39. The van der Waals surface area contributed by atoms with Crippen molar-refractivity contribution in [1.29, 1.82) is 0 Å². The van der Waals surface area contributed by atoms with E-state index in [1.165, 1.54) is 5.48 Å². The van der Waals surface area contributed by atoms with Crippen molar-refractivity contribution in [2.45, 2.75) is 38.6 Å². The molecule has 7 heteroatoms. The molecule has 1 aromatic rings. The highest BCUT2D eigenvalue weighted by Gasteiger charge is 2.24. The van der Waals surface area contributed by atoms with Gasteiger partial charge in [0.25, 0.3) is 0 Å². The molecule has 1 aromatic carbocycles. The lowest BCUT2D eigenvalue weighted by atomic mass is 9.97. The minimum Gasteiger partial charge on any atom is -0.548 e. The summed E-state index contributed by atoms with van der Waals surface area (Å²) in [6.07, 6.45) is 0.942. The summed E-state index contributed by atoms with van der Waals surface area (Å²) >= 11 is 0. The van der Waals surface area contributed by atoms with Gasteiger partial charge in [0.15, 0.2) is 0 Å². The van der Waals surface area contributed by atoms with Crippen LogP contribution in [0.25, 0.3) is 0 Å². The van der Waals surface area contributed by atoms with Crippen LogP contribution in [-0.4, -0.2) is 29.0 Å². The number of benzene rings is 1. The van der Waals surface area contributed by atoms with E-state index < -0.39 is 29.7 Å². The van der Waals surface area contributed by atoms with Gasteiger partial charge in [-0.25, -0.2) is 5.48 Å². The predicted molar refractivity (Wildman–Crippen MR) is 80.0 cm³/mol. The molecule has 0 saturated carbocycles. The zero-order valence-electron chi connectivity index (χ0n) is 13.0. The lowest BCUT2D eigenvalue weighted by Crippen LogP contribution is -2.51. The number of hydroxylamine groups is 1. The number of carboxylic acids is 1. The zero-order valence-corrected chi connectivity index (χ0v) is 13.0. The number of rotatable bonds is 9. The monoisotopic (exact) mass is 321 g/mol. The molecule has 2 atom stereocenters. The molecular weight excluding hydrogens is 300 g/mol. The third-order valence-corrected chi connectivity index (χ3v) is 3.45. The van der Waals surface area contributed by atoms with Gasteiger partial charge in [0.2, 0.25) is 11.8 Å². The van der Waals surface area contributed by atoms with E-state index in [1.54, 1.807) is 30.3 Å². The zero-order chi connectivity index (χ0) is 17.2. The second-order valence-corrected chi connectivity index (χ2v) is 5.29. The highest BCUT2D eigenvalue weighted by Crippen LogP contribution is 2.12. The molecule has 0 aromatic heterocycles. The number of carboxylic acid groups (broad SMARTS) is 1. The van der Waals surface area contributed by atoms with Gasteiger partial charge in [-0.05, 0) is 18.4 Å². The normalized spacial score (nSPS) is 13.0. The van der Waals surface area contributed by atoms with Gasteiger partial charge >= 0.3 is 0 Å². The number of hydrogen-bond acceptors (Lipinski definition) is 5. The molecule has 0 aliphatic rings. The van der Waals surface area contributed by atoms with Crippen LogP contribution >= 0.6 is 0 Å². The van der Waals surface area contributed by atoms with Crippen LogP contribution in [0.15, 0.2) is 30.3 Å². The van der Waals surface area contributed by atoms with Crippen molar-refractivity contribution in [3.63, 3.8) is 0 Å². The first-order valence-corrected chi connectivity index (χ1v) is 7.46. The number of hydrogen-bond donors (Lipinski definition) is 3. The lowest BCUT2D eigenvalue weighted by Gasteiger charge is -2.23. The molecule has 0 bridgehead atoms. The average molecular weight is 321 g/mol. The highest BCUT2D eigenvalue weighted by molar-refractivity contribution is 5.88. The maximum atomic E-state index is 12.2. The molecule has 1 rings (SSSR count). The fraction of sp³-hybridized carbons (Fsp3) is 0.438. The van der Waals surface area contributed by atoms with Crippen LogP contribution in [0.2, 0.25) is 0 Å². The van der Waals surface area contributed by atoms with E-state index >= 15 is 0 Å². The van der Waals surface area contributed by atoms with E-state index in [1.807, 2.05) is 6.92 Å². The van der Waals surface area contributed by atoms with Gasteiger partial charge in [0.1, 0.15) is 0 Å². The molecule has 2 unspecified atom stereocenters.